The number of hydrogen-bond acceptors (Lipinski definition) is 0. The van der Waals surface area contributed by atoms with Crippen LogP contribution in [-0.2, 0) is 12.8 Å². The normalized spacial score (nSPS) is 15.6. The Morgan fingerprint density at radius 1 is 1.18 bits per heavy atom. The van der Waals surface area contributed by atoms with Crippen molar-refractivity contribution in [3.63, 3.8) is 0 Å². The molecule has 0 aliphatic heterocycles. The third-order valence-electron chi connectivity index (χ3n) is 2.14. The number of rotatable bonds is 0. The Balaban J connectivity index is 2.40. The van der Waals surface area contributed by atoms with Crippen LogP contribution in [0.3, 0.4) is 0 Å². The average molecular weight is 143 g/mol. The quantitative estimate of drug-likeness (QED) is 0.489. The van der Waals surface area contributed by atoms with E-state index in [-0.39, 0.29) is 0 Å². The van der Waals surface area contributed by atoms with Gasteiger partial charge in [-0.1, -0.05) is 30.4 Å². The minimum Gasteiger partial charge on any atom is -0.0879 e. The van der Waals surface area contributed by atoms with Crippen molar-refractivity contribution < 1.29 is 0 Å². The molecule has 0 saturated carbocycles. The second-order valence-corrected chi connectivity index (χ2v) is 2.91. The molecule has 0 amide bonds. The molecule has 0 saturated heterocycles. The molecule has 11 heavy (non-hydrogen) atoms. The van der Waals surface area contributed by atoms with Crippen LogP contribution >= 0.6 is 0 Å². The van der Waals surface area contributed by atoms with Crippen molar-refractivity contribution in [3.05, 3.63) is 47.5 Å². The second-order valence-electron chi connectivity index (χ2n) is 2.91. The summed E-state index contributed by atoms with van der Waals surface area (Å²) in [5.74, 6) is 0. The standard InChI is InChI=1S/C11H11/c1-2-6-10-8-4-5-9-11(10)7-3-1/h1-2,4,8-9H,3,6-7H2. The topological polar surface area (TPSA) is 0 Å². The Morgan fingerprint density at radius 3 is 3.18 bits per heavy atom. The second kappa shape index (κ2) is 2.91. The van der Waals surface area contributed by atoms with E-state index in [2.05, 4.69) is 30.4 Å². The highest BCUT2D eigenvalue weighted by Crippen LogP contribution is 2.15. The highest BCUT2D eigenvalue weighted by molar-refractivity contribution is 5.30. The van der Waals surface area contributed by atoms with Crippen LogP contribution in [0, 0.1) is 6.07 Å². The summed E-state index contributed by atoms with van der Waals surface area (Å²) < 4.78 is 0. The number of aryl methyl sites for hydroxylation is 1. The van der Waals surface area contributed by atoms with Crippen molar-refractivity contribution in [1.29, 1.82) is 0 Å². The molecule has 1 aromatic carbocycles. The molecule has 0 bridgehead atoms. The summed E-state index contributed by atoms with van der Waals surface area (Å²) >= 11 is 0. The Morgan fingerprint density at radius 2 is 2.18 bits per heavy atom. The maximum absolute atomic E-state index is 3.12. The minimum absolute atomic E-state index is 1.10. The number of allylic oxidation sites excluding steroid dienone is 2. The maximum atomic E-state index is 3.12. The van der Waals surface area contributed by atoms with Gasteiger partial charge in [-0.2, -0.15) is 0 Å². The van der Waals surface area contributed by atoms with Crippen molar-refractivity contribution in [1.82, 2.24) is 0 Å². The van der Waals surface area contributed by atoms with Gasteiger partial charge in [0.05, 0.1) is 0 Å². The van der Waals surface area contributed by atoms with Crippen molar-refractivity contribution in [2.75, 3.05) is 0 Å². The Bertz CT molecular complexity index is 271. The first-order chi connectivity index (χ1) is 5.47. The van der Waals surface area contributed by atoms with Gasteiger partial charge in [-0.25, -0.2) is 0 Å². The molecule has 0 N–H and O–H groups in total. The monoisotopic (exact) mass is 143 g/mol. The van der Waals surface area contributed by atoms with Crippen molar-refractivity contribution in [2.24, 2.45) is 0 Å². The van der Waals surface area contributed by atoms with Gasteiger partial charge in [0.25, 0.3) is 0 Å². The lowest BCUT2D eigenvalue weighted by Gasteiger charge is -2.01. The summed E-state index contributed by atoms with van der Waals surface area (Å²) in [6.45, 7) is 0. The molecule has 1 aliphatic carbocycles. The fourth-order valence-corrected chi connectivity index (χ4v) is 1.50. The van der Waals surface area contributed by atoms with E-state index in [4.69, 9.17) is 0 Å². The smallest absolute Gasteiger partial charge is 0.00947 e. The zero-order chi connectivity index (χ0) is 7.52. The maximum Gasteiger partial charge on any atom is -0.00947 e. The van der Waals surface area contributed by atoms with Gasteiger partial charge in [0.1, 0.15) is 0 Å². The van der Waals surface area contributed by atoms with Crippen LogP contribution in [0.15, 0.2) is 30.4 Å². The predicted molar refractivity (Wildman–Crippen MR) is 46.4 cm³/mol. The average Bonchev–Trinajstić information content (AvgIpc) is 2.28. The van der Waals surface area contributed by atoms with E-state index in [9.17, 15) is 0 Å². The molecule has 2 rings (SSSR count). The third kappa shape index (κ3) is 1.35. The zero-order valence-electron chi connectivity index (χ0n) is 6.51. The van der Waals surface area contributed by atoms with Gasteiger partial charge in [0, 0.05) is 0 Å². The van der Waals surface area contributed by atoms with Gasteiger partial charge in [-0.05, 0) is 36.5 Å². The van der Waals surface area contributed by atoms with Crippen LogP contribution in [-0.4, -0.2) is 0 Å². The van der Waals surface area contributed by atoms with E-state index in [1.54, 1.807) is 0 Å². The fraction of sp³-hybridized carbons (Fsp3) is 0.273. The molecule has 1 radical (unpaired) electrons. The van der Waals surface area contributed by atoms with E-state index < -0.39 is 0 Å². The lowest BCUT2D eigenvalue weighted by molar-refractivity contribution is 1.00. The summed E-state index contributed by atoms with van der Waals surface area (Å²) in [4.78, 5) is 0. The predicted octanol–water partition coefficient (Wildman–Crippen LogP) is 2.53. The molecule has 0 heterocycles. The molecular formula is C11H11. The highest BCUT2D eigenvalue weighted by Gasteiger charge is 2.01. The SMILES string of the molecule is [c]1ccc2c(c1)CCC=CC2. The summed E-state index contributed by atoms with van der Waals surface area (Å²) in [6, 6.07) is 9.40. The molecule has 0 atom stereocenters. The fourth-order valence-electron chi connectivity index (χ4n) is 1.50. The molecule has 0 heteroatoms. The van der Waals surface area contributed by atoms with Gasteiger partial charge in [0.15, 0.2) is 0 Å². The molecule has 55 valence electrons. The number of benzene rings is 1. The molecule has 1 aliphatic rings. The van der Waals surface area contributed by atoms with Crippen LogP contribution in [0.1, 0.15) is 17.5 Å². The molecular weight excluding hydrogens is 132 g/mol. The summed E-state index contributed by atoms with van der Waals surface area (Å²) in [5.41, 5.74) is 2.94. The Hall–Kier alpha value is -1.04. The van der Waals surface area contributed by atoms with Gasteiger partial charge >= 0.3 is 0 Å². The third-order valence-corrected chi connectivity index (χ3v) is 2.14. The van der Waals surface area contributed by atoms with Crippen LogP contribution in [0.25, 0.3) is 0 Å². The van der Waals surface area contributed by atoms with Crippen molar-refractivity contribution in [2.45, 2.75) is 19.3 Å². The molecule has 0 nitrogen and oxygen atoms in total. The van der Waals surface area contributed by atoms with Crippen LogP contribution in [0.5, 0.6) is 0 Å². The summed E-state index contributed by atoms with van der Waals surface area (Å²) in [6.07, 6.45) is 7.99. The van der Waals surface area contributed by atoms with Crippen molar-refractivity contribution in [3.8, 4) is 0 Å². The largest absolute Gasteiger partial charge is 0.0879 e. The van der Waals surface area contributed by atoms with Crippen molar-refractivity contribution >= 4 is 0 Å². The Kier molecular flexibility index (Phi) is 1.76. The van der Waals surface area contributed by atoms with Crippen LogP contribution in [0.2, 0.25) is 0 Å². The van der Waals surface area contributed by atoms with E-state index in [0.717, 1.165) is 6.42 Å². The minimum atomic E-state index is 1.10. The van der Waals surface area contributed by atoms with E-state index in [0.29, 0.717) is 0 Å². The van der Waals surface area contributed by atoms with Crippen LogP contribution in [0.4, 0.5) is 0 Å². The van der Waals surface area contributed by atoms with E-state index >= 15 is 0 Å². The lowest BCUT2D eigenvalue weighted by Crippen LogP contribution is -1.88. The first-order valence-corrected chi connectivity index (χ1v) is 4.09. The molecule has 0 aromatic heterocycles. The van der Waals surface area contributed by atoms with Crippen LogP contribution < -0.4 is 0 Å². The Labute approximate surface area is 67.6 Å². The first-order valence-electron chi connectivity index (χ1n) is 4.09. The first kappa shape index (κ1) is 6.66. The zero-order valence-corrected chi connectivity index (χ0v) is 6.51. The molecule has 0 spiro atoms. The van der Waals surface area contributed by atoms with Gasteiger partial charge in [-0.15, -0.1) is 0 Å². The van der Waals surface area contributed by atoms with Gasteiger partial charge in [-0.3, -0.25) is 0 Å². The molecule has 0 fully saturated rings. The van der Waals surface area contributed by atoms with Gasteiger partial charge in [0.2, 0.25) is 0 Å². The van der Waals surface area contributed by atoms with E-state index in [1.165, 1.54) is 24.0 Å². The highest BCUT2D eigenvalue weighted by atomic mass is 14.1. The number of fused-ring (bicyclic) bond motifs is 1. The summed E-state index contributed by atoms with van der Waals surface area (Å²) in [7, 11) is 0. The summed E-state index contributed by atoms with van der Waals surface area (Å²) in [5, 5.41) is 0. The molecule has 0 unspecified atom stereocenters. The van der Waals surface area contributed by atoms with Gasteiger partial charge < -0.3 is 0 Å². The number of hydrogen-bond donors (Lipinski definition) is 0. The van der Waals surface area contributed by atoms with E-state index in [1.807, 2.05) is 6.07 Å². The lowest BCUT2D eigenvalue weighted by atomic mass is 10.0. The molecule has 1 aromatic rings.